The maximum atomic E-state index is 11.9. The predicted octanol–water partition coefficient (Wildman–Crippen LogP) is 1.20. The first kappa shape index (κ1) is 21.6. The molecule has 0 spiro atoms. The van der Waals surface area contributed by atoms with Gasteiger partial charge in [-0.1, -0.05) is 12.1 Å². The molecule has 28 heavy (non-hydrogen) atoms. The second-order valence-electron chi connectivity index (χ2n) is 7.08. The zero-order chi connectivity index (χ0) is 20.5. The Morgan fingerprint density at radius 3 is 2.61 bits per heavy atom. The molecule has 9 nitrogen and oxygen atoms in total. The van der Waals surface area contributed by atoms with E-state index in [1.54, 1.807) is 12.1 Å². The van der Waals surface area contributed by atoms with Crippen LogP contribution in [0.4, 0.5) is 5.69 Å². The van der Waals surface area contributed by atoms with Crippen molar-refractivity contribution in [2.45, 2.75) is 33.4 Å². The summed E-state index contributed by atoms with van der Waals surface area (Å²) in [7, 11) is 0. The number of amides is 1. The van der Waals surface area contributed by atoms with Crippen molar-refractivity contribution < 1.29 is 9.72 Å². The van der Waals surface area contributed by atoms with Gasteiger partial charge in [0.25, 0.3) is 5.69 Å². The van der Waals surface area contributed by atoms with Gasteiger partial charge in [0.2, 0.25) is 5.91 Å². The molecule has 0 saturated carbocycles. The van der Waals surface area contributed by atoms with Gasteiger partial charge in [0, 0.05) is 50.9 Å². The fraction of sp³-hybridized carbons (Fsp3) is 0.579. The Hall–Kier alpha value is -2.68. The molecule has 0 bridgehead atoms. The van der Waals surface area contributed by atoms with Crippen LogP contribution in [0, 0.1) is 10.1 Å². The number of carbonyl (C=O) groups is 1. The van der Waals surface area contributed by atoms with Crippen LogP contribution in [0.15, 0.2) is 29.3 Å². The van der Waals surface area contributed by atoms with Crippen LogP contribution >= 0.6 is 0 Å². The summed E-state index contributed by atoms with van der Waals surface area (Å²) in [5.41, 5.74) is 0.875. The van der Waals surface area contributed by atoms with Crippen LogP contribution in [0.1, 0.15) is 26.3 Å². The Kier molecular flexibility index (Phi) is 8.19. The van der Waals surface area contributed by atoms with Crippen LogP contribution in [0.5, 0.6) is 0 Å². The van der Waals surface area contributed by atoms with Crippen molar-refractivity contribution in [2.24, 2.45) is 4.99 Å². The normalized spacial score (nSPS) is 15.6. The summed E-state index contributed by atoms with van der Waals surface area (Å²) in [5, 5.41) is 17.1. The highest BCUT2D eigenvalue weighted by atomic mass is 16.6. The molecule has 154 valence electrons. The number of aliphatic imine (C=N–C) groups is 1. The summed E-state index contributed by atoms with van der Waals surface area (Å²) in [6.45, 7) is 10.6. The van der Waals surface area contributed by atoms with Gasteiger partial charge in [-0.25, -0.2) is 4.99 Å². The Morgan fingerprint density at radius 2 is 2.00 bits per heavy atom. The van der Waals surface area contributed by atoms with E-state index in [2.05, 4.69) is 25.4 Å². The van der Waals surface area contributed by atoms with E-state index in [9.17, 15) is 14.9 Å². The van der Waals surface area contributed by atoms with Crippen molar-refractivity contribution in [3.8, 4) is 0 Å². The van der Waals surface area contributed by atoms with Crippen molar-refractivity contribution >= 4 is 17.6 Å². The van der Waals surface area contributed by atoms with Crippen LogP contribution in [-0.2, 0) is 11.3 Å². The molecule has 0 aromatic heterocycles. The molecule has 0 aliphatic carbocycles. The minimum absolute atomic E-state index is 0.0506. The lowest BCUT2D eigenvalue weighted by Gasteiger charge is -2.36. The van der Waals surface area contributed by atoms with Crippen molar-refractivity contribution in [3.05, 3.63) is 39.9 Å². The zero-order valence-corrected chi connectivity index (χ0v) is 16.9. The van der Waals surface area contributed by atoms with Gasteiger partial charge in [0.15, 0.2) is 5.96 Å². The van der Waals surface area contributed by atoms with Gasteiger partial charge in [-0.2, -0.15) is 0 Å². The lowest BCUT2D eigenvalue weighted by molar-refractivity contribution is -0.384. The van der Waals surface area contributed by atoms with Crippen molar-refractivity contribution in [3.63, 3.8) is 0 Å². The summed E-state index contributed by atoms with van der Waals surface area (Å²) in [5.74, 6) is 0.843. The zero-order valence-electron chi connectivity index (χ0n) is 16.9. The standard InChI is InChI=1S/C19H30N6O3/c1-4-20-19(21-13-16-6-5-7-17(12-16)25(27)28)24-10-8-23(9-11-24)14-18(26)22-15(2)3/h5-7,12,15H,4,8-11,13-14H2,1-3H3,(H,20,21)(H,22,26). The highest BCUT2D eigenvalue weighted by Crippen LogP contribution is 2.14. The fourth-order valence-electron chi connectivity index (χ4n) is 3.05. The molecule has 1 heterocycles. The number of guanidine groups is 1. The number of carbonyl (C=O) groups excluding carboxylic acids is 1. The van der Waals surface area contributed by atoms with Crippen LogP contribution in [0.3, 0.4) is 0 Å². The van der Waals surface area contributed by atoms with Gasteiger partial charge >= 0.3 is 0 Å². The van der Waals surface area contributed by atoms with Gasteiger partial charge in [0.05, 0.1) is 18.0 Å². The maximum absolute atomic E-state index is 11.9. The number of non-ortho nitro benzene ring substituents is 1. The average molecular weight is 390 g/mol. The van der Waals surface area contributed by atoms with Crippen LogP contribution in [0.25, 0.3) is 0 Å². The molecule has 1 aromatic rings. The van der Waals surface area contributed by atoms with E-state index in [4.69, 9.17) is 0 Å². The van der Waals surface area contributed by atoms with Gasteiger partial charge in [-0.15, -0.1) is 0 Å². The molecule has 2 N–H and O–H groups in total. The summed E-state index contributed by atoms with van der Waals surface area (Å²) in [6, 6.07) is 6.70. The van der Waals surface area contributed by atoms with Gasteiger partial charge in [0.1, 0.15) is 0 Å². The second-order valence-corrected chi connectivity index (χ2v) is 7.08. The summed E-state index contributed by atoms with van der Waals surface area (Å²) in [4.78, 5) is 31.4. The first-order chi connectivity index (χ1) is 13.4. The van der Waals surface area contributed by atoms with E-state index in [1.807, 2.05) is 26.8 Å². The van der Waals surface area contributed by atoms with Crippen molar-refractivity contribution in [1.82, 2.24) is 20.4 Å². The van der Waals surface area contributed by atoms with Gasteiger partial charge in [-0.3, -0.25) is 19.8 Å². The van der Waals surface area contributed by atoms with Crippen LogP contribution in [-0.4, -0.2) is 71.9 Å². The Labute approximate surface area is 165 Å². The fourth-order valence-corrected chi connectivity index (χ4v) is 3.05. The van der Waals surface area contributed by atoms with Crippen molar-refractivity contribution in [1.29, 1.82) is 0 Å². The van der Waals surface area contributed by atoms with Gasteiger partial charge < -0.3 is 15.5 Å². The number of piperazine rings is 1. The topological polar surface area (TPSA) is 103 Å². The van der Waals surface area contributed by atoms with Crippen LogP contribution in [0.2, 0.25) is 0 Å². The second kappa shape index (κ2) is 10.6. The first-order valence-electron chi connectivity index (χ1n) is 9.67. The maximum Gasteiger partial charge on any atom is 0.269 e. The molecule has 0 unspecified atom stereocenters. The molecule has 1 aliphatic heterocycles. The summed E-state index contributed by atoms with van der Waals surface area (Å²) in [6.07, 6.45) is 0. The van der Waals surface area contributed by atoms with E-state index in [-0.39, 0.29) is 17.6 Å². The number of nitrogens with zero attached hydrogens (tertiary/aromatic N) is 4. The number of nitro groups is 1. The lowest BCUT2D eigenvalue weighted by Crippen LogP contribution is -2.54. The Balaban J connectivity index is 1.93. The molecule has 1 aromatic carbocycles. The molecule has 1 saturated heterocycles. The summed E-state index contributed by atoms with van der Waals surface area (Å²) >= 11 is 0. The van der Waals surface area contributed by atoms with E-state index in [0.717, 1.165) is 44.2 Å². The third-order valence-corrected chi connectivity index (χ3v) is 4.36. The van der Waals surface area contributed by atoms with E-state index in [0.29, 0.717) is 13.1 Å². The molecule has 1 fully saturated rings. The smallest absolute Gasteiger partial charge is 0.269 e. The monoisotopic (exact) mass is 390 g/mol. The highest BCUT2D eigenvalue weighted by molar-refractivity contribution is 5.80. The Bertz CT molecular complexity index is 699. The quantitative estimate of drug-likeness (QED) is 0.314. The lowest BCUT2D eigenvalue weighted by atomic mass is 10.2. The SMILES string of the molecule is CCNC(=NCc1cccc([N+](=O)[O-])c1)N1CCN(CC(=O)NC(C)C)CC1. The molecule has 1 aliphatic rings. The molecule has 0 atom stereocenters. The molecular formula is C19H30N6O3. The number of rotatable bonds is 7. The van der Waals surface area contributed by atoms with Crippen molar-refractivity contribution in [2.75, 3.05) is 39.3 Å². The number of hydrogen-bond acceptors (Lipinski definition) is 5. The predicted molar refractivity (Wildman–Crippen MR) is 109 cm³/mol. The summed E-state index contributed by atoms with van der Waals surface area (Å²) < 4.78 is 0. The van der Waals surface area contributed by atoms with Gasteiger partial charge in [-0.05, 0) is 26.3 Å². The number of nitrogens with one attached hydrogen (secondary N) is 2. The number of nitro benzene ring substituents is 1. The number of benzene rings is 1. The van der Waals surface area contributed by atoms with E-state index >= 15 is 0 Å². The van der Waals surface area contributed by atoms with E-state index < -0.39 is 4.92 Å². The average Bonchev–Trinajstić information content (AvgIpc) is 2.65. The first-order valence-corrected chi connectivity index (χ1v) is 9.67. The molecular weight excluding hydrogens is 360 g/mol. The molecule has 0 radical (unpaired) electrons. The van der Waals surface area contributed by atoms with E-state index in [1.165, 1.54) is 6.07 Å². The van der Waals surface area contributed by atoms with Crippen LogP contribution < -0.4 is 10.6 Å². The highest BCUT2D eigenvalue weighted by Gasteiger charge is 2.21. The third-order valence-electron chi connectivity index (χ3n) is 4.36. The minimum Gasteiger partial charge on any atom is -0.357 e. The minimum atomic E-state index is -0.396. The largest absolute Gasteiger partial charge is 0.357 e. The molecule has 2 rings (SSSR count). The molecule has 1 amide bonds. The number of hydrogen-bond donors (Lipinski definition) is 2. The molecule has 9 heteroatoms. The Morgan fingerprint density at radius 1 is 1.29 bits per heavy atom. The third kappa shape index (κ3) is 6.80.